The summed E-state index contributed by atoms with van der Waals surface area (Å²) in [5.74, 6) is 0. The van der Waals surface area contributed by atoms with Gasteiger partial charge in [0.2, 0.25) is 0 Å². The second-order valence-electron chi connectivity index (χ2n) is 4.65. The Morgan fingerprint density at radius 2 is 2.14 bits per heavy atom. The van der Waals surface area contributed by atoms with E-state index < -0.39 is 0 Å². The van der Waals surface area contributed by atoms with Crippen LogP contribution in [0.2, 0.25) is 0 Å². The molecule has 1 radical (unpaired) electrons. The van der Waals surface area contributed by atoms with Crippen LogP contribution in [0.25, 0.3) is 0 Å². The van der Waals surface area contributed by atoms with Gasteiger partial charge in [0, 0.05) is 6.04 Å². The minimum Gasteiger partial charge on any atom is -0.303 e. The van der Waals surface area contributed by atoms with Gasteiger partial charge in [-0.25, -0.2) is 0 Å². The van der Waals surface area contributed by atoms with Gasteiger partial charge in [0.25, 0.3) is 0 Å². The molecule has 1 unspecified atom stereocenters. The van der Waals surface area contributed by atoms with E-state index in [0.29, 0.717) is 0 Å². The number of hydrogen-bond donors (Lipinski definition) is 0. The first-order valence-electron chi connectivity index (χ1n) is 6.36. The van der Waals surface area contributed by atoms with E-state index in [1.54, 1.807) is 0 Å². The van der Waals surface area contributed by atoms with Crippen LogP contribution in [0, 0.1) is 6.42 Å². The molecule has 14 heavy (non-hydrogen) atoms. The quantitative estimate of drug-likeness (QED) is 0.562. The fourth-order valence-electron chi connectivity index (χ4n) is 2.30. The van der Waals surface area contributed by atoms with Gasteiger partial charge in [-0.2, -0.15) is 0 Å². The smallest absolute Gasteiger partial charge is 0.00954 e. The third-order valence-electron chi connectivity index (χ3n) is 3.37. The number of nitrogens with zero attached hydrogens (tertiary/aromatic N) is 1. The summed E-state index contributed by atoms with van der Waals surface area (Å²) in [6.45, 7) is 3.59. The van der Waals surface area contributed by atoms with Crippen LogP contribution >= 0.6 is 0 Å². The first-order valence-corrected chi connectivity index (χ1v) is 6.36. The van der Waals surface area contributed by atoms with E-state index >= 15 is 0 Å². The fraction of sp³-hybridized carbons (Fsp3) is 0.923. The Hall–Kier alpha value is -0.0400. The standard InChI is InChI=1S/C13H26N/c1-3-4-5-6-7-8-10-13-11-9-12-14(13)2/h8,13H,3-7,9-12H2,1-2H3. The Balaban J connectivity index is 1.88. The third kappa shape index (κ3) is 4.45. The molecule has 1 atom stereocenters. The summed E-state index contributed by atoms with van der Waals surface area (Å²) in [6.07, 6.45) is 13.6. The molecule has 1 heteroatoms. The summed E-state index contributed by atoms with van der Waals surface area (Å²) in [7, 11) is 2.27. The molecule has 0 aromatic heterocycles. The van der Waals surface area contributed by atoms with E-state index in [0.717, 1.165) is 6.04 Å². The van der Waals surface area contributed by atoms with Crippen LogP contribution in [0.5, 0.6) is 0 Å². The minimum atomic E-state index is 0.862. The molecule has 1 heterocycles. The first-order chi connectivity index (χ1) is 6.84. The highest BCUT2D eigenvalue weighted by atomic mass is 15.1. The van der Waals surface area contributed by atoms with Crippen molar-refractivity contribution in [1.82, 2.24) is 4.90 Å². The maximum absolute atomic E-state index is 2.52. The molecule has 1 fully saturated rings. The maximum atomic E-state index is 2.52. The molecule has 0 spiro atoms. The lowest BCUT2D eigenvalue weighted by molar-refractivity contribution is 0.305. The molecule has 1 aliphatic heterocycles. The summed E-state index contributed by atoms with van der Waals surface area (Å²) in [4.78, 5) is 2.52. The average Bonchev–Trinajstić information content (AvgIpc) is 2.58. The lowest BCUT2D eigenvalue weighted by atomic mass is 10.0. The topological polar surface area (TPSA) is 3.24 Å². The van der Waals surface area contributed by atoms with Crippen molar-refractivity contribution in [1.29, 1.82) is 0 Å². The summed E-state index contributed by atoms with van der Waals surface area (Å²) in [5, 5.41) is 0. The maximum Gasteiger partial charge on any atom is 0.00954 e. The monoisotopic (exact) mass is 196 g/mol. The van der Waals surface area contributed by atoms with Crippen LogP contribution in [0.1, 0.15) is 58.3 Å². The Morgan fingerprint density at radius 1 is 1.29 bits per heavy atom. The summed E-state index contributed by atoms with van der Waals surface area (Å²) >= 11 is 0. The summed E-state index contributed by atoms with van der Waals surface area (Å²) < 4.78 is 0. The highest BCUT2D eigenvalue weighted by molar-refractivity contribution is 4.81. The van der Waals surface area contributed by atoms with Crippen LogP contribution in [0.15, 0.2) is 0 Å². The Kier molecular flexibility index (Phi) is 6.25. The van der Waals surface area contributed by atoms with Crippen molar-refractivity contribution in [3.05, 3.63) is 6.42 Å². The predicted molar refractivity (Wildman–Crippen MR) is 63.3 cm³/mol. The molecule has 0 amide bonds. The van der Waals surface area contributed by atoms with Gasteiger partial charge in [0.1, 0.15) is 0 Å². The molecule has 0 bridgehead atoms. The van der Waals surface area contributed by atoms with E-state index in [4.69, 9.17) is 0 Å². The highest BCUT2D eigenvalue weighted by Crippen LogP contribution is 2.20. The molecule has 0 aromatic rings. The molecule has 83 valence electrons. The van der Waals surface area contributed by atoms with Gasteiger partial charge in [0.05, 0.1) is 0 Å². The van der Waals surface area contributed by atoms with Gasteiger partial charge in [-0.3, -0.25) is 0 Å². The number of hydrogen-bond acceptors (Lipinski definition) is 1. The highest BCUT2D eigenvalue weighted by Gasteiger charge is 2.19. The van der Waals surface area contributed by atoms with E-state index in [1.807, 2.05) is 0 Å². The second-order valence-corrected chi connectivity index (χ2v) is 4.65. The summed E-state index contributed by atoms with van der Waals surface area (Å²) in [6, 6.07) is 0.862. The Bertz CT molecular complexity index is 133. The molecule has 1 aliphatic rings. The molecule has 1 rings (SSSR count). The van der Waals surface area contributed by atoms with Crippen LogP contribution in [-0.2, 0) is 0 Å². The van der Waals surface area contributed by atoms with Gasteiger partial charge < -0.3 is 4.90 Å². The zero-order valence-electron chi connectivity index (χ0n) is 9.97. The fourth-order valence-corrected chi connectivity index (χ4v) is 2.30. The summed E-state index contributed by atoms with van der Waals surface area (Å²) in [5.41, 5.74) is 0. The van der Waals surface area contributed by atoms with Gasteiger partial charge in [-0.15, -0.1) is 0 Å². The van der Waals surface area contributed by atoms with Crippen LogP contribution < -0.4 is 0 Å². The third-order valence-corrected chi connectivity index (χ3v) is 3.37. The number of unbranched alkanes of at least 4 members (excludes halogenated alkanes) is 5. The zero-order chi connectivity index (χ0) is 10.2. The van der Waals surface area contributed by atoms with Gasteiger partial charge in [-0.05, 0) is 39.3 Å². The number of rotatable bonds is 7. The lowest BCUT2D eigenvalue weighted by Gasteiger charge is -2.18. The van der Waals surface area contributed by atoms with Crippen LogP contribution in [0.3, 0.4) is 0 Å². The molecule has 0 aromatic carbocycles. The lowest BCUT2D eigenvalue weighted by Crippen LogP contribution is -2.24. The molecular formula is C13H26N. The minimum absolute atomic E-state index is 0.862. The zero-order valence-corrected chi connectivity index (χ0v) is 9.97. The van der Waals surface area contributed by atoms with E-state index in [1.165, 1.54) is 57.9 Å². The van der Waals surface area contributed by atoms with Gasteiger partial charge >= 0.3 is 0 Å². The second kappa shape index (κ2) is 7.28. The van der Waals surface area contributed by atoms with Crippen molar-refractivity contribution in [2.45, 2.75) is 64.3 Å². The van der Waals surface area contributed by atoms with Crippen molar-refractivity contribution in [3.8, 4) is 0 Å². The van der Waals surface area contributed by atoms with E-state index in [2.05, 4.69) is 25.3 Å². The van der Waals surface area contributed by atoms with Crippen LogP contribution in [-0.4, -0.2) is 24.5 Å². The van der Waals surface area contributed by atoms with E-state index in [9.17, 15) is 0 Å². The molecular weight excluding hydrogens is 170 g/mol. The predicted octanol–water partition coefficient (Wildman–Crippen LogP) is 3.65. The van der Waals surface area contributed by atoms with E-state index in [-0.39, 0.29) is 0 Å². The Morgan fingerprint density at radius 3 is 2.79 bits per heavy atom. The van der Waals surface area contributed by atoms with Gasteiger partial charge in [0.15, 0.2) is 0 Å². The van der Waals surface area contributed by atoms with Crippen molar-refractivity contribution in [2.24, 2.45) is 0 Å². The first kappa shape index (κ1) is 12.0. The van der Waals surface area contributed by atoms with Crippen molar-refractivity contribution in [2.75, 3.05) is 13.6 Å². The normalized spacial score (nSPS) is 23.1. The molecule has 1 nitrogen and oxygen atoms in total. The largest absolute Gasteiger partial charge is 0.303 e. The Labute approximate surface area is 89.9 Å². The molecule has 1 saturated heterocycles. The number of likely N-dealkylation sites (tertiary alicyclic amines) is 1. The van der Waals surface area contributed by atoms with Crippen molar-refractivity contribution in [3.63, 3.8) is 0 Å². The molecule has 0 aliphatic carbocycles. The average molecular weight is 196 g/mol. The van der Waals surface area contributed by atoms with Crippen LogP contribution in [0.4, 0.5) is 0 Å². The van der Waals surface area contributed by atoms with Crippen molar-refractivity contribution < 1.29 is 0 Å². The molecule has 0 N–H and O–H groups in total. The van der Waals surface area contributed by atoms with Crippen molar-refractivity contribution >= 4 is 0 Å². The van der Waals surface area contributed by atoms with Gasteiger partial charge in [-0.1, -0.05) is 39.0 Å². The SMILES string of the molecule is CCCCCC[CH]CC1CCCN1C. The molecule has 0 saturated carbocycles.